The van der Waals surface area contributed by atoms with Crippen LogP contribution < -0.4 is 0 Å². The maximum Gasteiger partial charge on any atom is 2.00 e. The molecule has 13 heavy (non-hydrogen) atoms. The molecule has 0 aliphatic rings. The molecule has 4 nitrogen and oxygen atoms in total. The van der Waals surface area contributed by atoms with Gasteiger partial charge in [-0.1, -0.05) is 0 Å². The fourth-order valence-corrected chi connectivity index (χ4v) is 0.759. The molecule has 2 aromatic rings. The zero-order valence-corrected chi connectivity index (χ0v) is 11.3. The molecule has 0 atom stereocenters. The van der Waals surface area contributed by atoms with E-state index in [-0.39, 0.29) is 19.5 Å². The summed E-state index contributed by atoms with van der Waals surface area (Å²) < 4.78 is 0. The Morgan fingerprint density at radius 3 is 1.38 bits per heavy atom. The third-order valence-electron chi connectivity index (χ3n) is 0.946. The smallest absolute Gasteiger partial charge is 0.742 e. The van der Waals surface area contributed by atoms with Crippen LogP contribution in [0.2, 0.25) is 0 Å². The third kappa shape index (κ3) is 5.68. The Labute approximate surface area is 99.5 Å². The third-order valence-corrected chi connectivity index (χ3v) is 1.39. The topological polar surface area (TPSA) is 57.4 Å². The van der Waals surface area contributed by atoms with E-state index in [1.165, 1.54) is 0 Å². The maximum absolute atomic E-state index is 4.58. The molecule has 0 aliphatic heterocycles. The van der Waals surface area contributed by atoms with E-state index in [2.05, 4.69) is 45.2 Å². The van der Waals surface area contributed by atoms with Crippen LogP contribution in [0.25, 0.3) is 0 Å². The van der Waals surface area contributed by atoms with Gasteiger partial charge in [0.2, 0.25) is 0 Å². The molecule has 0 spiro atoms. The average Bonchev–Trinajstić information content (AvgIpc) is 2.63. The standard InChI is InChI=1S/2C3H4N2S.Zn/c2*6-3-4-1-2-5-3;/h2*1-2H,(H2,4,5,6);/q;;+2/p-2. The summed E-state index contributed by atoms with van der Waals surface area (Å²) in [5.41, 5.74) is 0. The van der Waals surface area contributed by atoms with Crippen LogP contribution in [-0.4, -0.2) is 19.9 Å². The van der Waals surface area contributed by atoms with Crippen molar-refractivity contribution in [2.45, 2.75) is 10.3 Å². The van der Waals surface area contributed by atoms with E-state index in [0.717, 1.165) is 0 Å². The number of hydrogen-bond donors (Lipinski definition) is 2. The molecule has 0 amide bonds. The normalized spacial score (nSPS) is 8.00. The van der Waals surface area contributed by atoms with Crippen molar-refractivity contribution in [1.29, 1.82) is 0 Å². The van der Waals surface area contributed by atoms with Crippen LogP contribution >= 0.6 is 0 Å². The van der Waals surface area contributed by atoms with Crippen molar-refractivity contribution in [3.8, 4) is 0 Å². The van der Waals surface area contributed by atoms with Crippen molar-refractivity contribution in [3.63, 3.8) is 0 Å². The summed E-state index contributed by atoms with van der Waals surface area (Å²) in [6, 6.07) is 0. The summed E-state index contributed by atoms with van der Waals surface area (Å²) in [6.07, 6.45) is 6.65. The number of nitrogens with zero attached hydrogens (tertiary/aromatic N) is 2. The molecule has 7 heteroatoms. The Kier molecular flexibility index (Phi) is 6.67. The van der Waals surface area contributed by atoms with Crippen LogP contribution in [0.4, 0.5) is 0 Å². The number of H-pyrrole nitrogens is 2. The second kappa shape index (κ2) is 6.94. The number of hydrogen-bond acceptors (Lipinski definition) is 4. The number of aromatic nitrogens is 4. The number of aromatic amines is 2. The van der Waals surface area contributed by atoms with Crippen LogP contribution in [-0.2, 0) is 44.7 Å². The summed E-state index contributed by atoms with van der Waals surface area (Å²) in [6.45, 7) is 0. The second-order valence-corrected chi connectivity index (χ2v) is 2.56. The molecule has 0 aliphatic carbocycles. The Hall–Kier alpha value is -0.517. The Morgan fingerprint density at radius 2 is 1.31 bits per heavy atom. The van der Waals surface area contributed by atoms with Gasteiger partial charge in [0, 0.05) is 24.8 Å². The van der Waals surface area contributed by atoms with Crippen LogP contribution in [0.15, 0.2) is 35.1 Å². The first-order valence-corrected chi connectivity index (χ1v) is 3.93. The number of rotatable bonds is 0. The van der Waals surface area contributed by atoms with Crippen LogP contribution in [0, 0.1) is 0 Å². The molecule has 0 saturated carbocycles. The molecular weight excluding hydrogens is 258 g/mol. The van der Waals surface area contributed by atoms with E-state index in [0.29, 0.717) is 10.3 Å². The zero-order valence-electron chi connectivity index (χ0n) is 6.73. The molecule has 2 N–H and O–H groups in total. The van der Waals surface area contributed by atoms with Gasteiger partial charge in [0.15, 0.2) is 0 Å². The van der Waals surface area contributed by atoms with E-state index in [9.17, 15) is 0 Å². The molecule has 0 aromatic carbocycles. The van der Waals surface area contributed by atoms with E-state index in [1.807, 2.05) is 0 Å². The predicted molar refractivity (Wildman–Crippen MR) is 48.4 cm³/mol. The van der Waals surface area contributed by atoms with Crippen LogP contribution in [0.1, 0.15) is 0 Å². The van der Waals surface area contributed by atoms with Crippen molar-refractivity contribution in [3.05, 3.63) is 24.8 Å². The minimum absolute atomic E-state index is 0. The van der Waals surface area contributed by atoms with Gasteiger partial charge in [-0.15, -0.1) is 0 Å². The summed E-state index contributed by atoms with van der Waals surface area (Å²) in [7, 11) is 0. The van der Waals surface area contributed by atoms with E-state index < -0.39 is 0 Å². The van der Waals surface area contributed by atoms with Crippen LogP contribution in [0.5, 0.6) is 0 Å². The zero-order chi connectivity index (χ0) is 8.81. The van der Waals surface area contributed by atoms with Crippen LogP contribution in [0.3, 0.4) is 0 Å². The molecule has 0 saturated heterocycles. The maximum atomic E-state index is 4.58. The Balaban J connectivity index is 0.000000206. The molecule has 0 unspecified atom stereocenters. The van der Waals surface area contributed by atoms with Crippen molar-refractivity contribution in [2.24, 2.45) is 0 Å². The van der Waals surface area contributed by atoms with Crippen molar-refractivity contribution in [2.75, 3.05) is 0 Å². The van der Waals surface area contributed by atoms with Gasteiger partial charge >= 0.3 is 19.5 Å². The summed E-state index contributed by atoms with van der Waals surface area (Å²) in [5, 5.41) is 1.10. The van der Waals surface area contributed by atoms with E-state index >= 15 is 0 Å². The fourth-order valence-electron chi connectivity index (χ4n) is 0.502. The fraction of sp³-hybridized carbons (Fsp3) is 0. The molecule has 64 valence electrons. The first-order chi connectivity index (χ1) is 5.79. The van der Waals surface area contributed by atoms with Gasteiger partial charge in [0.05, 0.1) is 0 Å². The Bertz CT molecular complexity index is 262. The SMILES string of the molecule is [S-]c1ncc[nH]1.[S-]c1ncc[nH]1.[Zn+2]. The van der Waals surface area contributed by atoms with Gasteiger partial charge in [-0.2, -0.15) is 0 Å². The molecule has 0 radical (unpaired) electrons. The summed E-state index contributed by atoms with van der Waals surface area (Å²) in [5.74, 6) is 0. The average molecular weight is 264 g/mol. The van der Waals surface area contributed by atoms with Gasteiger partial charge in [0.25, 0.3) is 0 Å². The predicted octanol–water partition coefficient (Wildman–Crippen LogP) is 0.628. The van der Waals surface area contributed by atoms with Gasteiger partial charge in [-0.3, -0.25) is 9.97 Å². The van der Waals surface area contributed by atoms with Gasteiger partial charge < -0.3 is 35.2 Å². The molecule has 0 bridgehead atoms. The Morgan fingerprint density at radius 1 is 0.923 bits per heavy atom. The first kappa shape index (κ1) is 12.5. The molecular formula is C6H6N4S2Zn. The van der Waals surface area contributed by atoms with E-state index in [1.54, 1.807) is 24.8 Å². The summed E-state index contributed by atoms with van der Waals surface area (Å²) in [4.78, 5) is 12.8. The minimum Gasteiger partial charge on any atom is -0.742 e. The molecule has 2 heterocycles. The molecule has 0 fully saturated rings. The van der Waals surface area contributed by atoms with Crippen molar-refractivity contribution in [1.82, 2.24) is 19.9 Å². The minimum atomic E-state index is 0. The molecule has 2 aromatic heterocycles. The quantitative estimate of drug-likeness (QED) is 0.541. The van der Waals surface area contributed by atoms with Gasteiger partial charge in [-0.25, -0.2) is 0 Å². The van der Waals surface area contributed by atoms with Gasteiger partial charge in [-0.05, 0) is 10.3 Å². The van der Waals surface area contributed by atoms with Crippen molar-refractivity contribution < 1.29 is 19.5 Å². The first-order valence-electron chi connectivity index (χ1n) is 3.12. The number of nitrogens with one attached hydrogen (secondary N) is 2. The van der Waals surface area contributed by atoms with Crippen molar-refractivity contribution >= 4 is 25.3 Å². The van der Waals surface area contributed by atoms with E-state index in [4.69, 9.17) is 0 Å². The largest absolute Gasteiger partial charge is 2.00 e. The van der Waals surface area contributed by atoms with Gasteiger partial charge in [0.1, 0.15) is 0 Å². The number of imidazole rings is 2. The molecule has 2 rings (SSSR count). The second-order valence-electron chi connectivity index (χ2n) is 1.79. The summed E-state index contributed by atoms with van der Waals surface area (Å²) >= 11 is 9.16. The monoisotopic (exact) mass is 262 g/mol.